The molecule has 1 heterocycles. The van der Waals surface area contributed by atoms with Crippen LogP contribution >= 0.6 is 0 Å². The SMILES string of the molecule is CCCOc1ccc(CN2CCCC(C(=O)NN)C2)cc1OC. The lowest BCUT2D eigenvalue weighted by molar-refractivity contribution is -0.126. The minimum Gasteiger partial charge on any atom is -0.493 e. The van der Waals surface area contributed by atoms with Crippen molar-refractivity contribution in [2.24, 2.45) is 11.8 Å². The van der Waals surface area contributed by atoms with E-state index in [0.717, 1.165) is 56.0 Å². The molecule has 1 aliphatic rings. The van der Waals surface area contributed by atoms with Gasteiger partial charge in [0.15, 0.2) is 11.5 Å². The van der Waals surface area contributed by atoms with Crippen molar-refractivity contribution in [2.45, 2.75) is 32.7 Å². The highest BCUT2D eigenvalue weighted by molar-refractivity contribution is 5.78. The molecule has 6 nitrogen and oxygen atoms in total. The highest BCUT2D eigenvalue weighted by Crippen LogP contribution is 2.29. The summed E-state index contributed by atoms with van der Waals surface area (Å²) >= 11 is 0. The normalized spacial score (nSPS) is 18.5. The summed E-state index contributed by atoms with van der Waals surface area (Å²) in [4.78, 5) is 14.0. The summed E-state index contributed by atoms with van der Waals surface area (Å²) in [7, 11) is 1.65. The third-order valence-electron chi connectivity index (χ3n) is 4.11. The van der Waals surface area contributed by atoms with Crippen LogP contribution in [0.5, 0.6) is 11.5 Å². The zero-order valence-electron chi connectivity index (χ0n) is 14.0. The number of hydrogen-bond acceptors (Lipinski definition) is 5. The maximum Gasteiger partial charge on any atom is 0.238 e. The Morgan fingerprint density at radius 2 is 2.26 bits per heavy atom. The van der Waals surface area contributed by atoms with Gasteiger partial charge in [0, 0.05) is 13.1 Å². The van der Waals surface area contributed by atoms with Crippen molar-refractivity contribution in [2.75, 3.05) is 26.8 Å². The minimum atomic E-state index is -0.0735. The van der Waals surface area contributed by atoms with Crippen molar-refractivity contribution in [1.29, 1.82) is 0 Å². The first kappa shape index (κ1) is 17.6. The van der Waals surface area contributed by atoms with Crippen LogP contribution in [0.25, 0.3) is 0 Å². The average molecular weight is 321 g/mol. The van der Waals surface area contributed by atoms with E-state index in [1.807, 2.05) is 12.1 Å². The molecule has 0 saturated carbocycles. The summed E-state index contributed by atoms with van der Waals surface area (Å²) in [5, 5.41) is 0. The lowest BCUT2D eigenvalue weighted by Crippen LogP contribution is -2.44. The maximum atomic E-state index is 11.7. The fourth-order valence-corrected chi connectivity index (χ4v) is 2.93. The summed E-state index contributed by atoms with van der Waals surface area (Å²) < 4.78 is 11.1. The number of rotatable bonds is 7. The summed E-state index contributed by atoms with van der Waals surface area (Å²) in [5.74, 6) is 6.68. The van der Waals surface area contributed by atoms with Gasteiger partial charge in [-0.1, -0.05) is 13.0 Å². The minimum absolute atomic E-state index is 0.0252. The van der Waals surface area contributed by atoms with Crippen molar-refractivity contribution in [3.8, 4) is 11.5 Å². The van der Waals surface area contributed by atoms with Gasteiger partial charge in [0.2, 0.25) is 5.91 Å². The molecule has 1 fully saturated rings. The van der Waals surface area contributed by atoms with Crippen LogP contribution in [-0.2, 0) is 11.3 Å². The molecule has 1 aromatic rings. The second kappa shape index (κ2) is 8.74. The van der Waals surface area contributed by atoms with E-state index >= 15 is 0 Å². The van der Waals surface area contributed by atoms with Gasteiger partial charge in [-0.3, -0.25) is 15.1 Å². The Bertz CT molecular complexity index is 522. The number of hydrogen-bond donors (Lipinski definition) is 2. The second-order valence-corrected chi connectivity index (χ2v) is 5.92. The number of carbonyl (C=O) groups is 1. The van der Waals surface area contributed by atoms with Crippen LogP contribution in [0.1, 0.15) is 31.7 Å². The van der Waals surface area contributed by atoms with Crippen LogP contribution < -0.4 is 20.7 Å². The Labute approximate surface area is 137 Å². The van der Waals surface area contributed by atoms with Gasteiger partial charge < -0.3 is 9.47 Å². The molecule has 0 bridgehead atoms. The van der Waals surface area contributed by atoms with E-state index in [-0.39, 0.29) is 11.8 Å². The van der Waals surface area contributed by atoms with E-state index in [1.54, 1.807) is 7.11 Å². The highest BCUT2D eigenvalue weighted by atomic mass is 16.5. The smallest absolute Gasteiger partial charge is 0.238 e. The Morgan fingerprint density at radius 3 is 2.96 bits per heavy atom. The van der Waals surface area contributed by atoms with E-state index in [1.165, 1.54) is 0 Å². The molecule has 1 aliphatic heterocycles. The van der Waals surface area contributed by atoms with Gasteiger partial charge in [0.05, 0.1) is 19.6 Å². The van der Waals surface area contributed by atoms with Crippen molar-refractivity contribution in [3.05, 3.63) is 23.8 Å². The van der Waals surface area contributed by atoms with Gasteiger partial charge >= 0.3 is 0 Å². The third-order valence-corrected chi connectivity index (χ3v) is 4.11. The molecule has 6 heteroatoms. The third kappa shape index (κ3) is 4.84. The van der Waals surface area contributed by atoms with Gasteiger partial charge in [-0.05, 0) is 43.5 Å². The van der Waals surface area contributed by atoms with Crippen LogP contribution in [0.4, 0.5) is 0 Å². The monoisotopic (exact) mass is 321 g/mol. The molecule has 1 aromatic carbocycles. The van der Waals surface area contributed by atoms with Gasteiger partial charge in [-0.25, -0.2) is 5.84 Å². The predicted octanol–water partition coefficient (Wildman–Crippen LogP) is 1.69. The molecule has 0 aliphatic carbocycles. The van der Waals surface area contributed by atoms with Gasteiger partial charge in [-0.15, -0.1) is 0 Å². The molecule has 3 N–H and O–H groups in total. The Kier molecular flexibility index (Phi) is 6.67. The van der Waals surface area contributed by atoms with E-state index in [2.05, 4.69) is 23.3 Å². The number of amides is 1. The van der Waals surface area contributed by atoms with Gasteiger partial charge in [-0.2, -0.15) is 0 Å². The molecule has 0 radical (unpaired) electrons. The van der Waals surface area contributed by atoms with E-state index in [4.69, 9.17) is 15.3 Å². The fraction of sp³-hybridized carbons (Fsp3) is 0.588. The van der Waals surface area contributed by atoms with E-state index in [9.17, 15) is 4.79 Å². The van der Waals surface area contributed by atoms with Crippen molar-refractivity contribution in [1.82, 2.24) is 10.3 Å². The molecule has 1 unspecified atom stereocenters. The Hall–Kier alpha value is -1.79. The number of likely N-dealkylation sites (tertiary alicyclic amines) is 1. The molecule has 1 amide bonds. The number of benzene rings is 1. The number of nitrogens with two attached hydrogens (primary N) is 1. The zero-order chi connectivity index (χ0) is 16.7. The first-order valence-electron chi connectivity index (χ1n) is 8.20. The Balaban J connectivity index is 2.00. The number of hydrazine groups is 1. The first-order chi connectivity index (χ1) is 11.2. The quantitative estimate of drug-likeness (QED) is 0.454. The maximum absolute atomic E-state index is 11.7. The number of carbonyl (C=O) groups excluding carboxylic acids is 1. The molecule has 0 aromatic heterocycles. The zero-order valence-corrected chi connectivity index (χ0v) is 14.0. The molecule has 23 heavy (non-hydrogen) atoms. The van der Waals surface area contributed by atoms with Gasteiger partial charge in [0.25, 0.3) is 0 Å². The lowest BCUT2D eigenvalue weighted by atomic mass is 9.97. The summed E-state index contributed by atoms with van der Waals surface area (Å²) in [6.45, 7) is 5.27. The largest absolute Gasteiger partial charge is 0.493 e. The van der Waals surface area contributed by atoms with Gasteiger partial charge in [0.1, 0.15) is 0 Å². The van der Waals surface area contributed by atoms with Crippen LogP contribution in [0.2, 0.25) is 0 Å². The first-order valence-corrected chi connectivity index (χ1v) is 8.20. The average Bonchev–Trinajstić information content (AvgIpc) is 2.60. The molecule has 0 spiro atoms. The summed E-state index contributed by atoms with van der Waals surface area (Å²) in [6.07, 6.45) is 2.86. The number of ether oxygens (including phenoxy) is 2. The number of methoxy groups -OCH3 is 1. The van der Waals surface area contributed by atoms with E-state index < -0.39 is 0 Å². The summed E-state index contributed by atoms with van der Waals surface area (Å²) in [6, 6.07) is 6.02. The number of piperidine rings is 1. The molecular formula is C17H27N3O3. The molecule has 2 rings (SSSR count). The van der Waals surface area contributed by atoms with Crippen LogP contribution in [0.15, 0.2) is 18.2 Å². The van der Waals surface area contributed by atoms with Crippen molar-refractivity contribution in [3.63, 3.8) is 0 Å². The number of nitrogens with one attached hydrogen (secondary N) is 1. The second-order valence-electron chi connectivity index (χ2n) is 5.92. The van der Waals surface area contributed by atoms with E-state index in [0.29, 0.717) is 6.61 Å². The van der Waals surface area contributed by atoms with Crippen LogP contribution in [0, 0.1) is 5.92 Å². The van der Waals surface area contributed by atoms with Crippen molar-refractivity contribution < 1.29 is 14.3 Å². The number of nitrogens with zero attached hydrogens (tertiary/aromatic N) is 1. The van der Waals surface area contributed by atoms with Crippen LogP contribution in [-0.4, -0.2) is 37.6 Å². The standard InChI is InChI=1S/C17H27N3O3/c1-3-9-23-15-7-6-13(10-16(15)22-2)11-20-8-4-5-14(12-20)17(21)19-18/h6-7,10,14H,3-5,8-9,11-12,18H2,1-2H3,(H,19,21). The summed E-state index contributed by atoms with van der Waals surface area (Å²) in [5.41, 5.74) is 3.41. The molecule has 1 saturated heterocycles. The lowest BCUT2D eigenvalue weighted by Gasteiger charge is -2.31. The predicted molar refractivity (Wildman–Crippen MR) is 89.1 cm³/mol. The van der Waals surface area contributed by atoms with Crippen LogP contribution in [0.3, 0.4) is 0 Å². The molecular weight excluding hydrogens is 294 g/mol. The molecule has 1 atom stereocenters. The topological polar surface area (TPSA) is 76.8 Å². The molecule has 128 valence electrons. The Morgan fingerprint density at radius 1 is 1.43 bits per heavy atom. The highest BCUT2D eigenvalue weighted by Gasteiger charge is 2.25. The van der Waals surface area contributed by atoms with Crippen molar-refractivity contribution >= 4 is 5.91 Å². The fourth-order valence-electron chi connectivity index (χ4n) is 2.93.